The summed E-state index contributed by atoms with van der Waals surface area (Å²) in [4.78, 5) is 0. The van der Waals surface area contributed by atoms with Crippen molar-refractivity contribution in [1.82, 2.24) is 10.2 Å². The molecule has 0 N–H and O–H groups in total. The van der Waals surface area contributed by atoms with Gasteiger partial charge in [-0.1, -0.05) is 49.4 Å². The minimum atomic E-state index is -0.361. The number of hydrogen-bond acceptors (Lipinski definition) is 3. The summed E-state index contributed by atoms with van der Waals surface area (Å²) in [5.41, 5.74) is 1.45. The molecule has 3 aromatic rings. The molecule has 3 nitrogen and oxygen atoms in total. The number of hydrogen-bond donors (Lipinski definition) is 0. The lowest BCUT2D eigenvalue weighted by Gasteiger charge is -2.10. The highest BCUT2D eigenvalue weighted by Gasteiger charge is 2.20. The summed E-state index contributed by atoms with van der Waals surface area (Å²) < 4.78 is 19.5. The van der Waals surface area contributed by atoms with Crippen LogP contribution in [0, 0.1) is 5.82 Å². The fraction of sp³-hybridized carbons (Fsp3) is 0.176. The van der Waals surface area contributed by atoms with Crippen molar-refractivity contribution in [3.8, 4) is 11.5 Å². The van der Waals surface area contributed by atoms with Crippen molar-refractivity contribution in [3.63, 3.8) is 0 Å². The van der Waals surface area contributed by atoms with Crippen LogP contribution in [0.4, 0.5) is 4.39 Å². The summed E-state index contributed by atoms with van der Waals surface area (Å²) in [6, 6.07) is 16.4. The standard InChI is InChI=1S/C17H15FN2O/c1-2-13(12-8-4-3-5-9-12)16-19-20-17(21-16)14-10-6-7-11-15(14)18/h3-11,13H,2H2,1H3. The first-order valence-electron chi connectivity index (χ1n) is 6.93. The number of benzene rings is 2. The zero-order valence-corrected chi connectivity index (χ0v) is 11.7. The summed E-state index contributed by atoms with van der Waals surface area (Å²) in [6.07, 6.45) is 0.836. The van der Waals surface area contributed by atoms with Crippen LogP contribution in [0.1, 0.15) is 30.7 Å². The number of rotatable bonds is 4. The Morgan fingerprint density at radius 1 is 1.00 bits per heavy atom. The van der Waals surface area contributed by atoms with E-state index in [0.717, 1.165) is 12.0 Å². The Kier molecular flexibility index (Phi) is 3.77. The van der Waals surface area contributed by atoms with Crippen LogP contribution in [0.2, 0.25) is 0 Å². The van der Waals surface area contributed by atoms with Crippen LogP contribution >= 0.6 is 0 Å². The van der Waals surface area contributed by atoms with Crippen LogP contribution in [0.5, 0.6) is 0 Å². The molecule has 0 spiro atoms. The van der Waals surface area contributed by atoms with Crippen molar-refractivity contribution in [2.45, 2.75) is 19.3 Å². The van der Waals surface area contributed by atoms with E-state index in [1.54, 1.807) is 18.2 Å². The monoisotopic (exact) mass is 282 g/mol. The first kappa shape index (κ1) is 13.5. The Balaban J connectivity index is 1.96. The third-order valence-corrected chi connectivity index (χ3v) is 3.45. The molecule has 2 aromatic carbocycles. The smallest absolute Gasteiger partial charge is 0.250 e. The Morgan fingerprint density at radius 2 is 1.71 bits per heavy atom. The van der Waals surface area contributed by atoms with Crippen LogP contribution in [0.25, 0.3) is 11.5 Å². The van der Waals surface area contributed by atoms with Gasteiger partial charge in [0.25, 0.3) is 5.89 Å². The van der Waals surface area contributed by atoms with Crippen LogP contribution in [-0.2, 0) is 0 Å². The van der Waals surface area contributed by atoms with E-state index in [1.807, 2.05) is 30.3 Å². The lowest BCUT2D eigenvalue weighted by Crippen LogP contribution is -1.99. The molecule has 0 aliphatic carbocycles. The molecular formula is C17H15FN2O. The molecule has 1 heterocycles. The van der Waals surface area contributed by atoms with Gasteiger partial charge in [0.15, 0.2) is 0 Å². The summed E-state index contributed by atoms with van der Waals surface area (Å²) in [5.74, 6) is 0.402. The van der Waals surface area contributed by atoms with Gasteiger partial charge in [-0.15, -0.1) is 10.2 Å². The van der Waals surface area contributed by atoms with E-state index < -0.39 is 0 Å². The van der Waals surface area contributed by atoms with Gasteiger partial charge >= 0.3 is 0 Å². The first-order valence-corrected chi connectivity index (χ1v) is 6.93. The molecule has 1 unspecified atom stereocenters. The quantitative estimate of drug-likeness (QED) is 0.711. The third kappa shape index (κ3) is 2.70. The Morgan fingerprint density at radius 3 is 2.43 bits per heavy atom. The van der Waals surface area contributed by atoms with Gasteiger partial charge in [-0.2, -0.15) is 0 Å². The molecule has 0 bridgehead atoms. The Hall–Kier alpha value is -2.49. The van der Waals surface area contributed by atoms with Crippen LogP contribution in [-0.4, -0.2) is 10.2 Å². The fourth-order valence-electron chi connectivity index (χ4n) is 2.36. The molecule has 0 saturated heterocycles. The zero-order chi connectivity index (χ0) is 14.7. The molecule has 0 saturated carbocycles. The average molecular weight is 282 g/mol. The second-order valence-corrected chi connectivity index (χ2v) is 4.80. The summed E-state index contributed by atoms with van der Waals surface area (Å²) in [5, 5.41) is 8.08. The lowest BCUT2D eigenvalue weighted by atomic mass is 9.97. The number of aromatic nitrogens is 2. The van der Waals surface area contributed by atoms with Crippen molar-refractivity contribution in [2.24, 2.45) is 0 Å². The van der Waals surface area contributed by atoms with Gasteiger partial charge in [0.05, 0.1) is 11.5 Å². The highest BCUT2D eigenvalue weighted by molar-refractivity contribution is 5.53. The topological polar surface area (TPSA) is 38.9 Å². The predicted molar refractivity (Wildman–Crippen MR) is 78.3 cm³/mol. The molecular weight excluding hydrogens is 267 g/mol. The van der Waals surface area contributed by atoms with E-state index in [-0.39, 0.29) is 17.6 Å². The highest BCUT2D eigenvalue weighted by Crippen LogP contribution is 2.29. The molecule has 0 aliphatic heterocycles. The van der Waals surface area contributed by atoms with E-state index in [4.69, 9.17) is 4.42 Å². The summed E-state index contributed by atoms with van der Waals surface area (Å²) >= 11 is 0. The van der Waals surface area contributed by atoms with Gasteiger partial charge < -0.3 is 4.42 Å². The minimum Gasteiger partial charge on any atom is -0.420 e. The molecule has 0 fully saturated rings. The van der Waals surface area contributed by atoms with Crippen LogP contribution in [0.3, 0.4) is 0 Å². The molecule has 3 rings (SSSR count). The molecule has 0 radical (unpaired) electrons. The van der Waals surface area contributed by atoms with Gasteiger partial charge in [-0.3, -0.25) is 0 Å². The SMILES string of the molecule is CCC(c1ccccc1)c1nnc(-c2ccccc2F)o1. The maximum Gasteiger partial charge on any atom is 0.250 e. The lowest BCUT2D eigenvalue weighted by molar-refractivity contribution is 0.471. The van der Waals surface area contributed by atoms with Crippen LogP contribution < -0.4 is 0 Å². The highest BCUT2D eigenvalue weighted by atomic mass is 19.1. The molecule has 21 heavy (non-hydrogen) atoms. The van der Waals surface area contributed by atoms with E-state index in [9.17, 15) is 4.39 Å². The van der Waals surface area contributed by atoms with Crippen LogP contribution in [0.15, 0.2) is 59.0 Å². The second-order valence-electron chi connectivity index (χ2n) is 4.80. The summed E-state index contributed by atoms with van der Waals surface area (Å²) in [7, 11) is 0. The van der Waals surface area contributed by atoms with Crippen molar-refractivity contribution < 1.29 is 8.81 Å². The van der Waals surface area contributed by atoms with Gasteiger partial charge in [-0.25, -0.2) is 4.39 Å². The van der Waals surface area contributed by atoms with Crippen molar-refractivity contribution in [3.05, 3.63) is 71.9 Å². The van der Waals surface area contributed by atoms with Gasteiger partial charge in [0.2, 0.25) is 5.89 Å². The van der Waals surface area contributed by atoms with Crippen molar-refractivity contribution >= 4 is 0 Å². The van der Waals surface area contributed by atoms with E-state index in [2.05, 4.69) is 17.1 Å². The number of nitrogens with zero attached hydrogens (tertiary/aromatic N) is 2. The minimum absolute atomic E-state index is 0.0271. The summed E-state index contributed by atoms with van der Waals surface area (Å²) in [6.45, 7) is 2.06. The molecule has 0 amide bonds. The molecule has 106 valence electrons. The molecule has 4 heteroatoms. The van der Waals surface area contributed by atoms with E-state index in [1.165, 1.54) is 6.07 Å². The normalized spacial score (nSPS) is 12.3. The maximum atomic E-state index is 13.8. The average Bonchev–Trinajstić information content (AvgIpc) is 2.99. The Labute approximate surface area is 122 Å². The van der Waals surface area contributed by atoms with E-state index in [0.29, 0.717) is 11.5 Å². The molecule has 1 atom stereocenters. The van der Waals surface area contributed by atoms with Gasteiger partial charge in [-0.05, 0) is 24.1 Å². The first-order chi connectivity index (χ1) is 10.3. The second kappa shape index (κ2) is 5.87. The zero-order valence-electron chi connectivity index (χ0n) is 11.7. The van der Waals surface area contributed by atoms with Gasteiger partial charge in [0, 0.05) is 0 Å². The third-order valence-electron chi connectivity index (χ3n) is 3.45. The van der Waals surface area contributed by atoms with E-state index >= 15 is 0 Å². The van der Waals surface area contributed by atoms with Crippen molar-refractivity contribution in [2.75, 3.05) is 0 Å². The van der Waals surface area contributed by atoms with Crippen molar-refractivity contribution in [1.29, 1.82) is 0 Å². The number of halogens is 1. The predicted octanol–water partition coefficient (Wildman–Crippen LogP) is 4.42. The largest absolute Gasteiger partial charge is 0.420 e. The maximum absolute atomic E-state index is 13.8. The van der Waals surface area contributed by atoms with Gasteiger partial charge in [0.1, 0.15) is 5.82 Å². The fourth-order valence-corrected chi connectivity index (χ4v) is 2.36. The molecule has 0 aliphatic rings. The Bertz CT molecular complexity index is 724. The molecule has 1 aromatic heterocycles.